The van der Waals surface area contributed by atoms with Crippen LogP contribution in [-0.4, -0.2) is 27.9 Å². The predicted molar refractivity (Wildman–Crippen MR) is 38.0 cm³/mol. The zero-order valence-corrected chi connectivity index (χ0v) is 6.80. The molecule has 60 valence electrons. The molecule has 11 heavy (non-hydrogen) atoms. The monoisotopic (exact) mass is 173 g/mol. The van der Waals surface area contributed by atoms with Crippen LogP contribution in [0.25, 0.3) is 0 Å². The Morgan fingerprint density at radius 2 is 2.55 bits per heavy atom. The van der Waals surface area contributed by atoms with Gasteiger partial charge in [0, 0.05) is 18.0 Å². The summed E-state index contributed by atoms with van der Waals surface area (Å²) in [4.78, 5) is 10.6. The first kappa shape index (κ1) is 8.06. The predicted octanol–water partition coefficient (Wildman–Crippen LogP) is 0.0387. The van der Waals surface area contributed by atoms with Gasteiger partial charge in [0.2, 0.25) is 0 Å². The van der Waals surface area contributed by atoms with E-state index in [0.717, 1.165) is 5.01 Å². The third-order valence-corrected chi connectivity index (χ3v) is 1.76. The number of rotatable bonds is 3. The van der Waals surface area contributed by atoms with Gasteiger partial charge in [-0.1, -0.05) is 4.49 Å². The molecule has 0 amide bonds. The Balaban J connectivity index is 2.29. The molecule has 0 aliphatic heterocycles. The van der Waals surface area contributed by atoms with Crippen molar-refractivity contribution in [2.24, 2.45) is 0 Å². The Kier molecular flexibility index (Phi) is 2.91. The Hall–Kier alpha value is -1.04. The van der Waals surface area contributed by atoms with E-state index in [1.807, 2.05) is 0 Å². The topological polar surface area (TPSA) is 65.0 Å². The Bertz CT molecular complexity index is 224. The highest BCUT2D eigenvalue weighted by atomic mass is 32.1. The normalized spacial score (nSPS) is 9.55. The van der Waals surface area contributed by atoms with Crippen molar-refractivity contribution in [1.29, 1.82) is 0 Å². The van der Waals surface area contributed by atoms with E-state index in [4.69, 9.17) is 0 Å². The molecule has 0 radical (unpaired) electrons. The molecule has 0 aromatic carbocycles. The molecular formula is C5H7N3O2S. The van der Waals surface area contributed by atoms with Crippen LogP contribution in [0.3, 0.4) is 0 Å². The number of aromatic nitrogens is 3. The summed E-state index contributed by atoms with van der Waals surface area (Å²) < 4.78 is 8.00. The summed E-state index contributed by atoms with van der Waals surface area (Å²) in [5.74, 6) is -0.236. The van der Waals surface area contributed by atoms with Crippen molar-refractivity contribution in [3.63, 3.8) is 0 Å². The van der Waals surface area contributed by atoms with Crippen LogP contribution in [0.1, 0.15) is 11.4 Å². The van der Waals surface area contributed by atoms with Gasteiger partial charge in [-0.15, -0.1) is 5.10 Å². The summed E-state index contributed by atoms with van der Waals surface area (Å²) in [6.45, 7) is 0. The van der Waals surface area contributed by atoms with Gasteiger partial charge in [-0.2, -0.15) is 0 Å². The summed E-state index contributed by atoms with van der Waals surface area (Å²) in [6.07, 6.45) is 0.901. The van der Waals surface area contributed by atoms with E-state index in [0.29, 0.717) is 12.8 Å². The first-order valence-corrected chi connectivity index (χ1v) is 3.81. The van der Waals surface area contributed by atoms with Crippen molar-refractivity contribution in [3.05, 3.63) is 5.01 Å². The van der Waals surface area contributed by atoms with E-state index in [-0.39, 0.29) is 5.97 Å². The molecule has 0 N–H and O–H groups in total. The van der Waals surface area contributed by atoms with Gasteiger partial charge in [-0.25, -0.2) is 0 Å². The summed E-state index contributed by atoms with van der Waals surface area (Å²) in [6, 6.07) is 0. The molecule has 5 nitrogen and oxygen atoms in total. The van der Waals surface area contributed by atoms with Gasteiger partial charge in [0.15, 0.2) is 0 Å². The number of carbonyl (C=O) groups is 1. The van der Waals surface area contributed by atoms with E-state index in [9.17, 15) is 4.79 Å². The van der Waals surface area contributed by atoms with E-state index in [1.54, 1.807) is 0 Å². The van der Waals surface area contributed by atoms with Crippen molar-refractivity contribution in [3.8, 4) is 0 Å². The molecule has 0 spiro atoms. The van der Waals surface area contributed by atoms with Gasteiger partial charge in [0.25, 0.3) is 0 Å². The van der Waals surface area contributed by atoms with Crippen LogP contribution in [0.4, 0.5) is 0 Å². The quantitative estimate of drug-likeness (QED) is 0.604. The van der Waals surface area contributed by atoms with Gasteiger partial charge >= 0.3 is 5.97 Å². The van der Waals surface area contributed by atoms with Crippen LogP contribution in [0, 0.1) is 0 Å². The Labute approximate surface area is 67.5 Å². The van der Waals surface area contributed by atoms with Crippen molar-refractivity contribution < 1.29 is 9.53 Å². The number of hydrogen-bond acceptors (Lipinski definition) is 6. The highest BCUT2D eigenvalue weighted by Crippen LogP contribution is 2.01. The second-order valence-corrected chi connectivity index (χ2v) is 2.65. The molecule has 0 bridgehead atoms. The number of methoxy groups -OCH3 is 1. The highest BCUT2D eigenvalue weighted by Gasteiger charge is 2.03. The van der Waals surface area contributed by atoms with Crippen molar-refractivity contribution in [2.45, 2.75) is 12.8 Å². The maximum absolute atomic E-state index is 10.6. The molecule has 0 aliphatic carbocycles. The average Bonchev–Trinajstić information content (AvgIpc) is 2.52. The minimum Gasteiger partial charge on any atom is -0.469 e. The van der Waals surface area contributed by atoms with Gasteiger partial charge in [0.05, 0.1) is 13.5 Å². The third-order valence-electron chi connectivity index (χ3n) is 1.11. The van der Waals surface area contributed by atoms with E-state index < -0.39 is 0 Å². The van der Waals surface area contributed by atoms with Gasteiger partial charge in [-0.05, 0) is 5.21 Å². The smallest absolute Gasteiger partial charge is 0.305 e. The zero-order valence-electron chi connectivity index (χ0n) is 5.98. The number of carbonyl (C=O) groups excluding carboxylic acids is 1. The molecule has 0 saturated heterocycles. The number of nitrogens with zero attached hydrogens (tertiary/aromatic N) is 3. The lowest BCUT2D eigenvalue weighted by Crippen LogP contribution is -2.01. The molecular weight excluding hydrogens is 166 g/mol. The standard InChI is InChI=1S/C5H7N3O2S/c1-10-5(9)3-2-4-6-7-8-11-4/h2-3H2,1H3. The lowest BCUT2D eigenvalue weighted by atomic mass is 10.3. The second kappa shape index (κ2) is 3.97. The molecule has 0 atom stereocenters. The van der Waals surface area contributed by atoms with E-state index >= 15 is 0 Å². The number of aryl methyl sites for hydroxylation is 1. The van der Waals surface area contributed by atoms with Crippen LogP contribution >= 0.6 is 11.5 Å². The van der Waals surface area contributed by atoms with Crippen LogP contribution in [0.15, 0.2) is 0 Å². The minimum absolute atomic E-state index is 0.236. The van der Waals surface area contributed by atoms with E-state index in [2.05, 4.69) is 19.5 Å². The molecule has 1 aromatic rings. The fraction of sp³-hybridized carbons (Fsp3) is 0.600. The molecule has 0 saturated carbocycles. The fourth-order valence-electron chi connectivity index (χ4n) is 0.558. The van der Waals surface area contributed by atoms with Gasteiger partial charge < -0.3 is 4.74 Å². The van der Waals surface area contributed by atoms with Crippen LogP contribution in [0.5, 0.6) is 0 Å². The lowest BCUT2D eigenvalue weighted by molar-refractivity contribution is -0.140. The number of ether oxygens (including phenoxy) is 1. The molecule has 1 rings (SSSR count). The molecule has 0 aliphatic rings. The number of hydrogen-bond donors (Lipinski definition) is 0. The summed E-state index contributed by atoms with van der Waals surface area (Å²) >= 11 is 1.20. The molecule has 6 heteroatoms. The first-order chi connectivity index (χ1) is 5.33. The maximum Gasteiger partial charge on any atom is 0.305 e. The second-order valence-electron chi connectivity index (χ2n) is 1.83. The van der Waals surface area contributed by atoms with Crippen LogP contribution in [0.2, 0.25) is 0 Å². The highest BCUT2D eigenvalue weighted by molar-refractivity contribution is 7.05. The summed E-state index contributed by atoms with van der Waals surface area (Å²) in [5.41, 5.74) is 0. The van der Waals surface area contributed by atoms with Gasteiger partial charge in [-0.3, -0.25) is 4.79 Å². The molecule has 0 fully saturated rings. The third kappa shape index (κ3) is 2.58. The van der Waals surface area contributed by atoms with Crippen molar-refractivity contribution in [2.75, 3.05) is 7.11 Å². The zero-order chi connectivity index (χ0) is 8.10. The van der Waals surface area contributed by atoms with Crippen molar-refractivity contribution in [1.82, 2.24) is 14.8 Å². The first-order valence-electron chi connectivity index (χ1n) is 3.03. The SMILES string of the molecule is COC(=O)CCc1nnns1. The average molecular weight is 173 g/mol. The summed E-state index contributed by atoms with van der Waals surface area (Å²) in [7, 11) is 1.36. The molecule has 0 unspecified atom stereocenters. The molecule has 1 heterocycles. The number of esters is 1. The maximum atomic E-state index is 10.6. The van der Waals surface area contributed by atoms with Crippen LogP contribution < -0.4 is 0 Å². The minimum atomic E-state index is -0.236. The molecule has 1 aromatic heterocycles. The largest absolute Gasteiger partial charge is 0.469 e. The van der Waals surface area contributed by atoms with Crippen molar-refractivity contribution >= 4 is 17.5 Å². The Morgan fingerprint density at radius 1 is 1.73 bits per heavy atom. The summed E-state index contributed by atoms with van der Waals surface area (Å²) in [5, 5.41) is 7.82. The van der Waals surface area contributed by atoms with E-state index in [1.165, 1.54) is 18.6 Å². The lowest BCUT2D eigenvalue weighted by Gasteiger charge is -1.93. The van der Waals surface area contributed by atoms with Crippen LogP contribution in [-0.2, 0) is 16.0 Å². The van der Waals surface area contributed by atoms with Gasteiger partial charge in [0.1, 0.15) is 5.01 Å². The fourth-order valence-corrected chi connectivity index (χ4v) is 0.992. The Morgan fingerprint density at radius 3 is 3.09 bits per heavy atom.